The minimum atomic E-state index is -3.38. The Balaban J connectivity index is 1.84. The molecule has 124 valence electrons. The van der Waals surface area contributed by atoms with E-state index in [0.717, 1.165) is 11.0 Å². The van der Waals surface area contributed by atoms with Crippen LogP contribution in [-0.2, 0) is 10.0 Å². The molecule has 6 nitrogen and oxygen atoms in total. The van der Waals surface area contributed by atoms with Crippen molar-refractivity contribution in [3.8, 4) is 0 Å². The fraction of sp³-hybridized carbons (Fsp3) is 0.0667. The number of hydrogen-bond acceptors (Lipinski definition) is 5. The zero-order valence-corrected chi connectivity index (χ0v) is 14.8. The Kier molecular flexibility index (Phi) is 4.44. The van der Waals surface area contributed by atoms with E-state index in [0.29, 0.717) is 21.8 Å². The summed E-state index contributed by atoms with van der Waals surface area (Å²) in [6.07, 6.45) is 1.07. The van der Waals surface area contributed by atoms with Gasteiger partial charge < -0.3 is 5.32 Å². The largest absolute Gasteiger partial charge is 0.322 e. The maximum Gasteiger partial charge on any atom is 0.255 e. The molecule has 0 unspecified atom stereocenters. The van der Waals surface area contributed by atoms with Crippen molar-refractivity contribution in [1.29, 1.82) is 0 Å². The molecule has 0 aliphatic rings. The molecule has 0 fully saturated rings. The Morgan fingerprint density at radius 3 is 2.71 bits per heavy atom. The van der Waals surface area contributed by atoms with Crippen LogP contribution < -0.4 is 10.0 Å². The average Bonchev–Trinajstić information content (AvgIpc) is 2.86. The van der Waals surface area contributed by atoms with Crippen LogP contribution >= 0.6 is 22.9 Å². The predicted molar refractivity (Wildman–Crippen MR) is 97.5 cm³/mol. The van der Waals surface area contributed by atoms with Crippen molar-refractivity contribution in [3.63, 3.8) is 0 Å². The quantitative estimate of drug-likeness (QED) is 0.723. The second-order valence-electron chi connectivity index (χ2n) is 5.04. The van der Waals surface area contributed by atoms with Crippen molar-refractivity contribution in [1.82, 2.24) is 4.98 Å². The topological polar surface area (TPSA) is 88.2 Å². The van der Waals surface area contributed by atoms with Gasteiger partial charge in [0.1, 0.15) is 0 Å². The molecule has 1 amide bonds. The lowest BCUT2D eigenvalue weighted by Crippen LogP contribution is -2.11. The first-order valence-corrected chi connectivity index (χ1v) is 9.84. The summed E-state index contributed by atoms with van der Waals surface area (Å²) in [5, 5.41) is 3.54. The number of anilines is 2. The first kappa shape index (κ1) is 16.7. The van der Waals surface area contributed by atoms with Crippen LogP contribution in [0.15, 0.2) is 42.5 Å². The highest BCUT2D eigenvalue weighted by Crippen LogP contribution is 2.29. The zero-order valence-electron chi connectivity index (χ0n) is 12.4. The van der Waals surface area contributed by atoms with Crippen LogP contribution in [0.5, 0.6) is 0 Å². The van der Waals surface area contributed by atoms with Crippen LogP contribution in [0, 0.1) is 0 Å². The maximum atomic E-state index is 12.2. The van der Waals surface area contributed by atoms with Gasteiger partial charge in [0.15, 0.2) is 5.13 Å². The molecule has 0 radical (unpaired) electrons. The zero-order chi connectivity index (χ0) is 17.3. The number of fused-ring (bicyclic) bond motifs is 1. The van der Waals surface area contributed by atoms with Gasteiger partial charge in [-0.05, 0) is 36.4 Å². The van der Waals surface area contributed by atoms with Crippen LogP contribution in [0.2, 0.25) is 5.02 Å². The predicted octanol–water partition coefficient (Wildman–Crippen LogP) is 3.57. The van der Waals surface area contributed by atoms with E-state index in [2.05, 4.69) is 15.0 Å². The Labute approximate surface area is 147 Å². The standard InChI is InChI=1S/C15H12ClN3O3S2/c1-24(21,22)19-15-18-12-6-5-11(8-13(12)23-15)17-14(20)9-3-2-4-10(16)7-9/h2-8H,1H3,(H,17,20)(H,18,19). The van der Waals surface area contributed by atoms with Gasteiger partial charge in [0.25, 0.3) is 5.91 Å². The van der Waals surface area contributed by atoms with E-state index < -0.39 is 10.0 Å². The molecule has 3 rings (SSSR count). The first-order chi connectivity index (χ1) is 11.3. The second kappa shape index (κ2) is 6.39. The fourth-order valence-corrected chi connectivity index (χ4v) is 3.97. The highest BCUT2D eigenvalue weighted by molar-refractivity contribution is 7.92. The van der Waals surface area contributed by atoms with Crippen LogP contribution in [0.3, 0.4) is 0 Å². The van der Waals surface area contributed by atoms with Crippen molar-refractivity contribution < 1.29 is 13.2 Å². The smallest absolute Gasteiger partial charge is 0.255 e. The van der Waals surface area contributed by atoms with Gasteiger partial charge in [0, 0.05) is 16.3 Å². The van der Waals surface area contributed by atoms with Gasteiger partial charge >= 0.3 is 0 Å². The van der Waals surface area contributed by atoms with Gasteiger partial charge in [-0.3, -0.25) is 9.52 Å². The Morgan fingerprint density at radius 1 is 1.21 bits per heavy atom. The molecule has 0 saturated heterocycles. The Hall–Kier alpha value is -2.16. The summed E-state index contributed by atoms with van der Waals surface area (Å²) in [5.74, 6) is -0.282. The SMILES string of the molecule is CS(=O)(=O)Nc1nc2ccc(NC(=O)c3cccc(Cl)c3)cc2s1. The van der Waals surface area contributed by atoms with E-state index in [4.69, 9.17) is 11.6 Å². The number of nitrogens with one attached hydrogen (secondary N) is 2. The molecule has 1 aromatic heterocycles. The molecule has 24 heavy (non-hydrogen) atoms. The van der Waals surface area contributed by atoms with Gasteiger partial charge in [-0.25, -0.2) is 13.4 Å². The maximum absolute atomic E-state index is 12.2. The van der Waals surface area contributed by atoms with Crippen LogP contribution in [-0.4, -0.2) is 25.6 Å². The third-order valence-electron chi connectivity index (χ3n) is 3.01. The molecule has 0 aliphatic carbocycles. The fourth-order valence-electron chi connectivity index (χ4n) is 2.04. The molecule has 1 heterocycles. The van der Waals surface area contributed by atoms with Crippen LogP contribution in [0.4, 0.5) is 10.8 Å². The van der Waals surface area contributed by atoms with Gasteiger partial charge in [0.05, 0.1) is 16.5 Å². The van der Waals surface area contributed by atoms with Gasteiger partial charge in [0.2, 0.25) is 10.0 Å². The summed E-state index contributed by atoms with van der Waals surface area (Å²) in [6, 6.07) is 11.8. The number of rotatable bonds is 4. The third-order valence-corrected chi connectivity index (χ3v) is 4.87. The summed E-state index contributed by atoms with van der Waals surface area (Å²) in [5.41, 5.74) is 1.68. The molecule has 0 atom stereocenters. The molecule has 0 bridgehead atoms. The summed E-state index contributed by atoms with van der Waals surface area (Å²) in [6.45, 7) is 0. The Bertz CT molecular complexity index is 1030. The number of carbonyl (C=O) groups is 1. The number of thiazole rings is 1. The normalized spacial score (nSPS) is 11.4. The van der Waals surface area contributed by atoms with E-state index in [1.165, 1.54) is 11.3 Å². The van der Waals surface area contributed by atoms with Crippen molar-refractivity contribution >= 4 is 59.9 Å². The molecule has 2 N–H and O–H groups in total. The second-order valence-corrected chi connectivity index (χ2v) is 8.26. The highest BCUT2D eigenvalue weighted by atomic mass is 35.5. The van der Waals surface area contributed by atoms with E-state index in [-0.39, 0.29) is 11.0 Å². The summed E-state index contributed by atoms with van der Waals surface area (Å²) < 4.78 is 25.6. The molecule has 9 heteroatoms. The minimum Gasteiger partial charge on any atom is -0.322 e. The van der Waals surface area contributed by atoms with Crippen molar-refractivity contribution in [2.45, 2.75) is 0 Å². The lowest BCUT2D eigenvalue weighted by atomic mass is 10.2. The van der Waals surface area contributed by atoms with E-state index in [9.17, 15) is 13.2 Å². The Morgan fingerprint density at radius 2 is 2.00 bits per heavy atom. The molecular formula is C15H12ClN3O3S2. The van der Waals surface area contributed by atoms with E-state index in [1.54, 1.807) is 42.5 Å². The minimum absolute atomic E-state index is 0.282. The van der Waals surface area contributed by atoms with Gasteiger partial charge in [-0.1, -0.05) is 29.0 Å². The van der Waals surface area contributed by atoms with Crippen molar-refractivity contribution in [2.24, 2.45) is 0 Å². The first-order valence-electron chi connectivity index (χ1n) is 6.75. The molecule has 0 spiro atoms. The van der Waals surface area contributed by atoms with E-state index in [1.807, 2.05) is 0 Å². The number of aromatic nitrogens is 1. The molecule has 2 aromatic carbocycles. The molecule has 3 aromatic rings. The van der Waals surface area contributed by atoms with Crippen LogP contribution in [0.1, 0.15) is 10.4 Å². The molecule has 0 saturated carbocycles. The summed E-state index contributed by atoms with van der Waals surface area (Å²) in [7, 11) is -3.38. The van der Waals surface area contributed by atoms with Gasteiger partial charge in [-0.15, -0.1) is 0 Å². The number of sulfonamides is 1. The lowest BCUT2D eigenvalue weighted by molar-refractivity contribution is 0.102. The number of halogens is 1. The number of hydrogen-bond donors (Lipinski definition) is 2. The summed E-state index contributed by atoms with van der Waals surface area (Å²) in [4.78, 5) is 16.4. The average molecular weight is 382 g/mol. The lowest BCUT2D eigenvalue weighted by Gasteiger charge is -2.05. The number of benzene rings is 2. The number of nitrogens with zero attached hydrogens (tertiary/aromatic N) is 1. The van der Waals surface area contributed by atoms with Gasteiger partial charge in [-0.2, -0.15) is 0 Å². The van der Waals surface area contributed by atoms with Crippen molar-refractivity contribution in [2.75, 3.05) is 16.3 Å². The monoisotopic (exact) mass is 381 g/mol. The van der Waals surface area contributed by atoms with Crippen LogP contribution in [0.25, 0.3) is 10.2 Å². The number of carbonyl (C=O) groups excluding carboxylic acids is 1. The van der Waals surface area contributed by atoms with Crippen molar-refractivity contribution in [3.05, 3.63) is 53.1 Å². The van der Waals surface area contributed by atoms with E-state index >= 15 is 0 Å². The number of amides is 1. The third kappa shape index (κ3) is 4.02. The highest BCUT2D eigenvalue weighted by Gasteiger charge is 2.11. The molecule has 0 aliphatic heterocycles. The summed E-state index contributed by atoms with van der Waals surface area (Å²) >= 11 is 7.07. The molecular weight excluding hydrogens is 370 g/mol.